The molecule has 0 aliphatic rings. The van der Waals surface area contributed by atoms with Crippen LogP contribution in [0, 0.1) is 12.8 Å². The molecule has 1 N–H and O–H groups in total. The van der Waals surface area contributed by atoms with Gasteiger partial charge >= 0.3 is 0 Å². The molecule has 1 aromatic heterocycles. The fraction of sp³-hybridized carbons (Fsp3) is 0.474. The molecule has 1 nitrogen and oxygen atoms in total. The Morgan fingerprint density at radius 1 is 1.05 bits per heavy atom. The van der Waals surface area contributed by atoms with Crippen LogP contribution in [0.15, 0.2) is 36.4 Å². The van der Waals surface area contributed by atoms with Crippen molar-refractivity contribution < 1.29 is 0 Å². The highest BCUT2D eigenvalue weighted by Crippen LogP contribution is 2.28. The van der Waals surface area contributed by atoms with Gasteiger partial charge in [0.15, 0.2) is 0 Å². The highest BCUT2D eigenvalue weighted by molar-refractivity contribution is 14.1. The van der Waals surface area contributed by atoms with E-state index in [4.69, 9.17) is 0 Å². The quantitative estimate of drug-likeness (QED) is 0.435. The monoisotopic (exact) mass is 429 g/mol. The van der Waals surface area contributed by atoms with Gasteiger partial charge in [-0.15, -0.1) is 11.3 Å². The number of aryl methyl sites for hydroxylation is 1. The van der Waals surface area contributed by atoms with Crippen molar-refractivity contribution in [1.82, 2.24) is 5.32 Å². The zero-order valence-corrected chi connectivity index (χ0v) is 17.3. The lowest BCUT2D eigenvalue weighted by Crippen LogP contribution is -2.29. The molecule has 0 bridgehead atoms. The van der Waals surface area contributed by atoms with Crippen LogP contribution in [-0.2, 0) is 6.54 Å². The second-order valence-electron chi connectivity index (χ2n) is 5.81. The van der Waals surface area contributed by atoms with Crippen molar-refractivity contribution in [2.24, 2.45) is 5.92 Å². The molecule has 0 radical (unpaired) electrons. The van der Waals surface area contributed by atoms with Gasteiger partial charge in [0.05, 0.1) is 0 Å². The first-order valence-corrected chi connectivity index (χ1v) is 10.3. The van der Waals surface area contributed by atoms with E-state index in [0.29, 0.717) is 12.0 Å². The molecule has 0 fully saturated rings. The number of alkyl halides is 1. The van der Waals surface area contributed by atoms with Crippen molar-refractivity contribution in [2.45, 2.75) is 47.2 Å². The first-order valence-electron chi connectivity index (χ1n) is 7.93. The van der Waals surface area contributed by atoms with E-state index in [2.05, 4.69) is 98.9 Å². The topological polar surface area (TPSA) is 12.0 Å². The molecule has 0 spiro atoms. The average molecular weight is 429 g/mol. The maximum atomic E-state index is 3.58. The summed E-state index contributed by atoms with van der Waals surface area (Å²) >= 11 is 4.17. The number of hydrogen-bond donors (Lipinski definition) is 1. The Bertz CT molecular complexity index is 531. The van der Waals surface area contributed by atoms with Gasteiger partial charge in [0.1, 0.15) is 0 Å². The number of nitrogens with one attached hydrogen (secondary N) is 1. The van der Waals surface area contributed by atoms with Crippen molar-refractivity contribution in [3.8, 4) is 10.4 Å². The molecular formula is C19H28INS. The third-order valence-electron chi connectivity index (χ3n) is 3.60. The highest BCUT2D eigenvalue weighted by Gasteiger charge is 2.07. The molecule has 0 saturated heterocycles. The largest absolute Gasteiger partial charge is 0.309 e. The maximum Gasteiger partial charge on any atom is 0.0346 e. The molecule has 0 saturated carbocycles. The van der Waals surface area contributed by atoms with Gasteiger partial charge in [-0.3, -0.25) is 0 Å². The first-order chi connectivity index (χ1) is 10.5. The van der Waals surface area contributed by atoms with Crippen molar-refractivity contribution >= 4 is 33.9 Å². The lowest BCUT2D eigenvalue weighted by atomic mass is 10.1. The van der Waals surface area contributed by atoms with Crippen LogP contribution in [0.3, 0.4) is 0 Å². The molecule has 2 aromatic rings. The van der Waals surface area contributed by atoms with Gasteiger partial charge < -0.3 is 5.32 Å². The van der Waals surface area contributed by atoms with E-state index in [1.54, 1.807) is 0 Å². The first kappa shape index (κ1) is 19.7. The summed E-state index contributed by atoms with van der Waals surface area (Å²) in [5.41, 5.74) is 2.63. The third kappa shape index (κ3) is 6.80. The lowest BCUT2D eigenvalue weighted by Gasteiger charge is -2.16. The predicted molar refractivity (Wildman–Crippen MR) is 110 cm³/mol. The summed E-state index contributed by atoms with van der Waals surface area (Å²) in [6.45, 7) is 12.0. The summed E-state index contributed by atoms with van der Waals surface area (Å²) in [6, 6.07) is 13.8. The molecule has 0 unspecified atom stereocenters. The van der Waals surface area contributed by atoms with Gasteiger partial charge in [0, 0.05) is 22.3 Å². The van der Waals surface area contributed by atoms with Gasteiger partial charge in [0.25, 0.3) is 0 Å². The lowest BCUT2D eigenvalue weighted by molar-refractivity contribution is 0.428. The Labute approximate surface area is 153 Å². The summed E-state index contributed by atoms with van der Waals surface area (Å²) in [6.07, 6.45) is 0. The van der Waals surface area contributed by atoms with Crippen LogP contribution >= 0.6 is 33.9 Å². The molecule has 1 aromatic carbocycles. The second kappa shape index (κ2) is 10.4. The van der Waals surface area contributed by atoms with Crippen LogP contribution in [0.5, 0.6) is 0 Å². The van der Waals surface area contributed by atoms with Crippen LogP contribution < -0.4 is 5.32 Å². The Kier molecular flexibility index (Phi) is 9.29. The molecule has 3 heteroatoms. The summed E-state index contributed by atoms with van der Waals surface area (Å²) in [5, 5.41) is 3.58. The molecule has 1 atom stereocenters. The number of benzene rings is 1. The van der Waals surface area contributed by atoms with Gasteiger partial charge in [-0.2, -0.15) is 0 Å². The minimum absolute atomic E-state index is 0.560. The van der Waals surface area contributed by atoms with E-state index in [9.17, 15) is 0 Å². The smallest absolute Gasteiger partial charge is 0.0346 e. The molecule has 0 aliphatic heterocycles. The van der Waals surface area contributed by atoms with E-state index in [1.807, 2.05) is 11.3 Å². The molecule has 0 aliphatic carbocycles. The molecule has 122 valence electrons. The van der Waals surface area contributed by atoms with E-state index < -0.39 is 0 Å². The third-order valence-corrected chi connectivity index (χ3v) is 4.73. The number of halogens is 1. The van der Waals surface area contributed by atoms with E-state index in [0.717, 1.165) is 6.54 Å². The van der Waals surface area contributed by atoms with Gasteiger partial charge in [-0.25, -0.2) is 0 Å². The number of thiophene rings is 1. The Hall–Kier alpha value is -0.390. The summed E-state index contributed by atoms with van der Waals surface area (Å²) in [5.74, 6) is 0.677. The highest BCUT2D eigenvalue weighted by atomic mass is 127. The summed E-state index contributed by atoms with van der Waals surface area (Å²) < 4.78 is 1.22. The fourth-order valence-electron chi connectivity index (χ4n) is 1.84. The zero-order chi connectivity index (χ0) is 16.5. The van der Waals surface area contributed by atoms with Gasteiger partial charge in [0.2, 0.25) is 0 Å². The molecule has 2 rings (SSSR count). The molecule has 1 heterocycles. The Balaban J connectivity index is 0.000000745. The normalized spacial score (nSPS) is 12.0. The predicted octanol–water partition coefficient (Wildman–Crippen LogP) is 6.30. The molecule has 22 heavy (non-hydrogen) atoms. The van der Waals surface area contributed by atoms with Crippen molar-refractivity contribution in [2.75, 3.05) is 4.43 Å². The zero-order valence-electron chi connectivity index (χ0n) is 14.3. The number of rotatable bonds is 5. The van der Waals surface area contributed by atoms with Crippen molar-refractivity contribution in [1.29, 1.82) is 0 Å². The summed E-state index contributed by atoms with van der Waals surface area (Å²) in [4.78, 5) is 2.76. The minimum Gasteiger partial charge on any atom is -0.309 e. The number of hydrogen-bond acceptors (Lipinski definition) is 2. The SMILES string of the molecule is CCI.Cc1ccc(-c2ccc(CN[C@@H](C)C(C)C)s2)cc1. The van der Waals surface area contributed by atoms with Gasteiger partial charge in [-0.05, 0) is 41.9 Å². The standard InChI is InChI=1S/C17H23NS.C2H5I/c1-12(2)14(4)18-11-16-9-10-17(19-16)15-7-5-13(3)6-8-15;1-2-3/h5-10,12,14,18H,11H2,1-4H3;2H2,1H3/t14-;/m0./s1. The van der Waals surface area contributed by atoms with Crippen LogP contribution in [0.4, 0.5) is 0 Å². The molecule has 0 amide bonds. The van der Waals surface area contributed by atoms with Crippen LogP contribution in [-0.4, -0.2) is 10.5 Å². The van der Waals surface area contributed by atoms with Crippen molar-refractivity contribution in [3.05, 3.63) is 46.8 Å². The van der Waals surface area contributed by atoms with Crippen LogP contribution in [0.1, 0.15) is 38.1 Å². The minimum atomic E-state index is 0.560. The van der Waals surface area contributed by atoms with Crippen LogP contribution in [0.25, 0.3) is 10.4 Å². The van der Waals surface area contributed by atoms with Crippen molar-refractivity contribution in [3.63, 3.8) is 0 Å². The van der Waals surface area contributed by atoms with E-state index in [-0.39, 0.29) is 0 Å². The van der Waals surface area contributed by atoms with E-state index >= 15 is 0 Å². The molecular weight excluding hydrogens is 401 g/mol. The summed E-state index contributed by atoms with van der Waals surface area (Å²) in [7, 11) is 0. The fourth-order valence-corrected chi connectivity index (χ4v) is 2.81. The van der Waals surface area contributed by atoms with Gasteiger partial charge in [-0.1, -0.05) is 73.2 Å². The Morgan fingerprint density at radius 3 is 2.18 bits per heavy atom. The van der Waals surface area contributed by atoms with E-state index in [1.165, 1.54) is 25.3 Å². The Morgan fingerprint density at radius 2 is 1.64 bits per heavy atom. The maximum absolute atomic E-state index is 3.58. The van der Waals surface area contributed by atoms with Crippen LogP contribution in [0.2, 0.25) is 0 Å². The second-order valence-corrected chi connectivity index (χ2v) is 8.51. The average Bonchev–Trinajstić information content (AvgIpc) is 2.95.